The van der Waals surface area contributed by atoms with Gasteiger partial charge in [0.1, 0.15) is 5.82 Å². The highest BCUT2D eigenvalue weighted by molar-refractivity contribution is 6.04. The Hall–Kier alpha value is -3.87. The molecule has 7 heteroatoms. The number of urea groups is 1. The number of anilines is 3. The van der Waals surface area contributed by atoms with Gasteiger partial charge in [0, 0.05) is 31.0 Å². The molecule has 182 valence electrons. The van der Waals surface area contributed by atoms with Crippen LogP contribution in [-0.4, -0.2) is 31.6 Å². The van der Waals surface area contributed by atoms with Gasteiger partial charge in [-0.15, -0.1) is 0 Å². The molecular formula is C28H31FN4O2. The van der Waals surface area contributed by atoms with Crippen molar-refractivity contribution < 1.29 is 14.0 Å². The van der Waals surface area contributed by atoms with Crippen molar-refractivity contribution in [3.8, 4) is 0 Å². The van der Waals surface area contributed by atoms with Crippen molar-refractivity contribution in [3.05, 3.63) is 89.7 Å². The molecule has 0 unspecified atom stereocenters. The number of carbonyl (C=O) groups is 2. The molecule has 1 heterocycles. The predicted octanol–water partition coefficient (Wildman–Crippen LogP) is 5.68. The molecule has 0 aromatic heterocycles. The third-order valence-corrected chi connectivity index (χ3v) is 6.29. The highest BCUT2D eigenvalue weighted by atomic mass is 19.1. The first-order chi connectivity index (χ1) is 17.0. The van der Waals surface area contributed by atoms with Crippen molar-refractivity contribution in [3.63, 3.8) is 0 Å². The molecule has 0 saturated carbocycles. The van der Waals surface area contributed by atoms with E-state index in [-0.39, 0.29) is 11.6 Å². The first-order valence-corrected chi connectivity index (χ1v) is 12.0. The molecule has 1 aliphatic rings. The number of para-hydroxylation sites is 1. The van der Waals surface area contributed by atoms with Gasteiger partial charge in [0.05, 0.1) is 11.3 Å². The topological polar surface area (TPSA) is 73.5 Å². The molecule has 0 radical (unpaired) electrons. The van der Waals surface area contributed by atoms with E-state index in [4.69, 9.17) is 0 Å². The second kappa shape index (κ2) is 11.5. The molecular weight excluding hydrogens is 443 g/mol. The van der Waals surface area contributed by atoms with Crippen LogP contribution in [0.5, 0.6) is 0 Å². The number of nitrogens with zero attached hydrogens (tertiary/aromatic N) is 1. The van der Waals surface area contributed by atoms with E-state index in [1.807, 2.05) is 36.4 Å². The van der Waals surface area contributed by atoms with Crippen LogP contribution in [0.4, 0.5) is 26.2 Å². The minimum absolute atomic E-state index is 0.0861. The molecule has 4 rings (SSSR count). The predicted molar refractivity (Wildman–Crippen MR) is 139 cm³/mol. The fourth-order valence-electron chi connectivity index (χ4n) is 4.23. The summed E-state index contributed by atoms with van der Waals surface area (Å²) in [5.74, 6) is -0.0408. The van der Waals surface area contributed by atoms with Crippen molar-refractivity contribution in [2.45, 2.75) is 26.2 Å². The Balaban J connectivity index is 1.49. The maximum Gasteiger partial charge on any atom is 0.323 e. The van der Waals surface area contributed by atoms with Gasteiger partial charge in [-0.05, 0) is 61.1 Å². The maximum atomic E-state index is 13.9. The third kappa shape index (κ3) is 6.59. The van der Waals surface area contributed by atoms with Crippen LogP contribution in [0.3, 0.4) is 0 Å². The van der Waals surface area contributed by atoms with E-state index >= 15 is 0 Å². The van der Waals surface area contributed by atoms with Gasteiger partial charge in [-0.25, -0.2) is 9.18 Å². The van der Waals surface area contributed by atoms with Gasteiger partial charge in [-0.3, -0.25) is 4.79 Å². The Morgan fingerprint density at radius 2 is 1.66 bits per heavy atom. The van der Waals surface area contributed by atoms with Crippen molar-refractivity contribution in [1.29, 1.82) is 0 Å². The lowest BCUT2D eigenvalue weighted by Gasteiger charge is -2.33. The molecule has 1 fully saturated rings. The Kier molecular flexibility index (Phi) is 7.98. The summed E-state index contributed by atoms with van der Waals surface area (Å²) < 4.78 is 13.9. The second-order valence-electron chi connectivity index (χ2n) is 8.95. The first-order valence-electron chi connectivity index (χ1n) is 12.0. The molecule has 1 saturated heterocycles. The molecule has 0 bridgehead atoms. The summed E-state index contributed by atoms with van der Waals surface area (Å²) in [5, 5.41) is 8.24. The van der Waals surface area contributed by atoms with E-state index in [0.29, 0.717) is 23.7 Å². The van der Waals surface area contributed by atoms with Crippen molar-refractivity contribution in [2.75, 3.05) is 35.2 Å². The summed E-state index contributed by atoms with van der Waals surface area (Å²) >= 11 is 0. The van der Waals surface area contributed by atoms with Crippen LogP contribution in [-0.2, 0) is 6.42 Å². The number of amides is 3. The summed E-state index contributed by atoms with van der Waals surface area (Å²) in [6, 6.07) is 20.7. The highest BCUT2D eigenvalue weighted by Crippen LogP contribution is 2.29. The molecule has 6 nitrogen and oxygen atoms in total. The number of nitrogens with one attached hydrogen (secondary N) is 3. The van der Waals surface area contributed by atoms with Gasteiger partial charge < -0.3 is 20.9 Å². The first kappa shape index (κ1) is 24.3. The zero-order chi connectivity index (χ0) is 24.6. The summed E-state index contributed by atoms with van der Waals surface area (Å²) in [7, 11) is 0. The van der Waals surface area contributed by atoms with E-state index in [2.05, 4.69) is 27.8 Å². The maximum absolute atomic E-state index is 13.9. The van der Waals surface area contributed by atoms with Crippen LogP contribution in [0.1, 0.15) is 35.7 Å². The van der Waals surface area contributed by atoms with Gasteiger partial charge >= 0.3 is 6.03 Å². The van der Waals surface area contributed by atoms with E-state index < -0.39 is 11.8 Å². The highest BCUT2D eigenvalue weighted by Gasteiger charge is 2.22. The zero-order valence-electron chi connectivity index (χ0n) is 19.9. The number of piperidine rings is 1. The second-order valence-corrected chi connectivity index (χ2v) is 8.95. The van der Waals surface area contributed by atoms with Gasteiger partial charge in [-0.2, -0.15) is 0 Å². The van der Waals surface area contributed by atoms with Crippen LogP contribution in [0, 0.1) is 11.7 Å². The van der Waals surface area contributed by atoms with E-state index in [0.717, 1.165) is 43.6 Å². The van der Waals surface area contributed by atoms with Gasteiger partial charge in [-0.1, -0.05) is 49.4 Å². The molecule has 3 aromatic rings. The minimum Gasteiger partial charge on any atom is -0.371 e. The number of rotatable bonds is 7. The summed E-state index contributed by atoms with van der Waals surface area (Å²) in [6.07, 6.45) is 2.87. The van der Waals surface area contributed by atoms with Crippen molar-refractivity contribution in [1.82, 2.24) is 5.32 Å². The summed E-state index contributed by atoms with van der Waals surface area (Å²) in [4.78, 5) is 27.9. The summed E-state index contributed by atoms with van der Waals surface area (Å²) in [6.45, 7) is 4.51. The van der Waals surface area contributed by atoms with E-state index in [1.54, 1.807) is 24.3 Å². The fourth-order valence-corrected chi connectivity index (χ4v) is 4.23. The van der Waals surface area contributed by atoms with E-state index in [1.165, 1.54) is 12.1 Å². The van der Waals surface area contributed by atoms with Crippen LogP contribution in [0.25, 0.3) is 0 Å². The lowest BCUT2D eigenvalue weighted by atomic mass is 9.97. The molecule has 0 aliphatic carbocycles. The summed E-state index contributed by atoms with van der Waals surface area (Å²) in [5.41, 5.74) is 3.06. The SMILES string of the molecule is CC1CCN(c2ccc(NC(=O)Nc3ccccc3F)cc2C(=O)NCCc2ccccc2)CC1. The Morgan fingerprint density at radius 1 is 0.943 bits per heavy atom. The van der Waals surface area contributed by atoms with Gasteiger partial charge in [0.25, 0.3) is 5.91 Å². The number of halogens is 1. The van der Waals surface area contributed by atoms with Crippen LogP contribution >= 0.6 is 0 Å². The van der Waals surface area contributed by atoms with Gasteiger partial charge in [0.2, 0.25) is 0 Å². The molecule has 0 atom stereocenters. The fraction of sp³-hybridized carbons (Fsp3) is 0.286. The molecule has 3 amide bonds. The number of hydrogen-bond acceptors (Lipinski definition) is 3. The van der Waals surface area contributed by atoms with Crippen molar-refractivity contribution in [2.24, 2.45) is 5.92 Å². The Bertz CT molecular complexity index is 1160. The largest absolute Gasteiger partial charge is 0.371 e. The Labute approximate surface area is 205 Å². The third-order valence-electron chi connectivity index (χ3n) is 6.29. The lowest BCUT2D eigenvalue weighted by Crippen LogP contribution is -2.35. The molecule has 1 aliphatic heterocycles. The van der Waals surface area contributed by atoms with Crippen molar-refractivity contribution >= 4 is 29.0 Å². The van der Waals surface area contributed by atoms with Crippen LogP contribution in [0.15, 0.2) is 72.8 Å². The average molecular weight is 475 g/mol. The normalized spacial score (nSPS) is 13.8. The quantitative estimate of drug-likeness (QED) is 0.413. The average Bonchev–Trinajstić information content (AvgIpc) is 2.86. The number of benzene rings is 3. The number of carbonyl (C=O) groups excluding carboxylic acids is 2. The van der Waals surface area contributed by atoms with Crippen LogP contribution in [0.2, 0.25) is 0 Å². The van der Waals surface area contributed by atoms with E-state index in [9.17, 15) is 14.0 Å². The molecule has 3 aromatic carbocycles. The van der Waals surface area contributed by atoms with Gasteiger partial charge in [0.15, 0.2) is 0 Å². The minimum atomic E-state index is -0.579. The molecule has 35 heavy (non-hydrogen) atoms. The molecule has 3 N–H and O–H groups in total. The monoisotopic (exact) mass is 474 g/mol. The van der Waals surface area contributed by atoms with Crippen LogP contribution < -0.4 is 20.9 Å². The Morgan fingerprint density at radius 3 is 2.40 bits per heavy atom. The molecule has 0 spiro atoms. The smallest absolute Gasteiger partial charge is 0.323 e. The zero-order valence-corrected chi connectivity index (χ0v) is 19.9. The number of hydrogen-bond donors (Lipinski definition) is 3. The standard InChI is InChI=1S/C28H31FN4O2/c1-20-14-17-33(18-15-20)26-12-11-22(31-28(35)32-25-10-6-5-9-24(25)29)19-23(26)27(34)30-16-13-21-7-3-2-4-8-21/h2-12,19-20H,13-18H2,1H3,(H,30,34)(H2,31,32,35). The lowest BCUT2D eigenvalue weighted by molar-refractivity contribution is 0.0954.